The van der Waals surface area contributed by atoms with Crippen molar-refractivity contribution in [2.45, 2.75) is 6.04 Å². The van der Waals surface area contributed by atoms with Gasteiger partial charge in [-0.15, -0.1) is 5.48 Å². The molecule has 3 N–H and O–H groups in total. The second-order valence-electron chi connectivity index (χ2n) is 4.49. The van der Waals surface area contributed by atoms with E-state index in [2.05, 4.69) is 5.48 Å². The summed E-state index contributed by atoms with van der Waals surface area (Å²) in [4.78, 5) is 5.33. The van der Waals surface area contributed by atoms with E-state index < -0.39 is 0 Å². The maximum Gasteiger partial charge on any atom is 0.157 e. The third kappa shape index (κ3) is 2.31. The third-order valence-corrected chi connectivity index (χ3v) is 3.08. The molecule has 1 heterocycles. The summed E-state index contributed by atoms with van der Waals surface area (Å²) in [7, 11) is 0. The molecule has 0 spiro atoms. The van der Waals surface area contributed by atoms with E-state index in [9.17, 15) is 14.6 Å². The van der Waals surface area contributed by atoms with Crippen molar-refractivity contribution < 1.29 is 19.4 Å². The SMILES string of the molecule is Oc1ccc(C2C=C(c3cccc(F)c3)ON2)cc1O. The fourth-order valence-electron chi connectivity index (χ4n) is 2.04. The van der Waals surface area contributed by atoms with E-state index in [1.165, 1.54) is 24.3 Å². The molecule has 0 aliphatic carbocycles. The molecule has 2 aromatic carbocycles. The second-order valence-corrected chi connectivity index (χ2v) is 4.49. The molecule has 1 unspecified atom stereocenters. The number of phenols is 2. The van der Waals surface area contributed by atoms with Crippen molar-refractivity contribution in [3.05, 3.63) is 65.5 Å². The Morgan fingerprint density at radius 2 is 1.90 bits per heavy atom. The molecule has 1 atom stereocenters. The molecule has 0 aromatic heterocycles. The molecule has 5 heteroatoms. The van der Waals surface area contributed by atoms with Gasteiger partial charge in [-0.3, -0.25) is 0 Å². The van der Waals surface area contributed by atoms with Gasteiger partial charge in [0.15, 0.2) is 17.3 Å². The molecular formula is C15H12FNO3. The Bertz CT molecular complexity index is 685. The highest BCUT2D eigenvalue weighted by Crippen LogP contribution is 2.32. The lowest BCUT2D eigenvalue weighted by atomic mass is 10.0. The number of hydroxylamine groups is 1. The Morgan fingerprint density at radius 3 is 2.65 bits per heavy atom. The van der Waals surface area contributed by atoms with E-state index in [0.717, 1.165) is 5.56 Å². The van der Waals surface area contributed by atoms with Gasteiger partial charge in [0.2, 0.25) is 0 Å². The van der Waals surface area contributed by atoms with Crippen molar-refractivity contribution in [2.75, 3.05) is 0 Å². The van der Waals surface area contributed by atoms with Gasteiger partial charge >= 0.3 is 0 Å². The van der Waals surface area contributed by atoms with Gasteiger partial charge in [-0.1, -0.05) is 18.2 Å². The number of phenolic OH excluding ortho intramolecular Hbond substituents is 2. The number of benzene rings is 2. The first-order chi connectivity index (χ1) is 9.63. The molecular weight excluding hydrogens is 261 g/mol. The minimum absolute atomic E-state index is 0.179. The van der Waals surface area contributed by atoms with Gasteiger partial charge in [0.25, 0.3) is 0 Å². The van der Waals surface area contributed by atoms with Crippen LogP contribution in [0.4, 0.5) is 4.39 Å². The lowest BCUT2D eigenvalue weighted by Gasteiger charge is -2.08. The second kappa shape index (κ2) is 4.86. The van der Waals surface area contributed by atoms with Gasteiger partial charge in [-0.05, 0) is 35.9 Å². The van der Waals surface area contributed by atoms with Crippen molar-refractivity contribution in [2.24, 2.45) is 0 Å². The molecule has 2 aromatic rings. The average Bonchev–Trinajstić information content (AvgIpc) is 2.92. The van der Waals surface area contributed by atoms with Gasteiger partial charge in [0.05, 0.1) is 6.04 Å². The summed E-state index contributed by atoms with van der Waals surface area (Å²) in [6.45, 7) is 0. The van der Waals surface area contributed by atoms with E-state index in [0.29, 0.717) is 11.3 Å². The molecule has 20 heavy (non-hydrogen) atoms. The van der Waals surface area contributed by atoms with E-state index in [1.807, 2.05) is 0 Å². The smallest absolute Gasteiger partial charge is 0.157 e. The Kier molecular flexibility index (Phi) is 3.04. The molecule has 0 saturated heterocycles. The van der Waals surface area contributed by atoms with Gasteiger partial charge in [-0.2, -0.15) is 0 Å². The highest BCUT2D eigenvalue weighted by Gasteiger charge is 2.20. The molecule has 0 radical (unpaired) electrons. The lowest BCUT2D eigenvalue weighted by molar-refractivity contribution is 0.162. The summed E-state index contributed by atoms with van der Waals surface area (Å²) in [5.74, 6) is -0.196. The topological polar surface area (TPSA) is 61.7 Å². The fourth-order valence-corrected chi connectivity index (χ4v) is 2.04. The number of hydrogen-bond acceptors (Lipinski definition) is 4. The number of halogens is 1. The molecule has 1 aliphatic rings. The molecule has 1 aliphatic heterocycles. The van der Waals surface area contributed by atoms with Crippen LogP contribution < -0.4 is 5.48 Å². The highest BCUT2D eigenvalue weighted by molar-refractivity contribution is 5.62. The zero-order valence-corrected chi connectivity index (χ0v) is 10.4. The molecule has 0 fully saturated rings. The highest BCUT2D eigenvalue weighted by atomic mass is 19.1. The van der Waals surface area contributed by atoms with Gasteiger partial charge in [0.1, 0.15) is 5.82 Å². The lowest BCUT2D eigenvalue weighted by Crippen LogP contribution is -2.12. The van der Waals surface area contributed by atoms with Crippen molar-refractivity contribution in [3.8, 4) is 11.5 Å². The van der Waals surface area contributed by atoms with Crippen LogP contribution in [0.3, 0.4) is 0 Å². The zero-order chi connectivity index (χ0) is 14.1. The minimum Gasteiger partial charge on any atom is -0.504 e. The van der Waals surface area contributed by atoms with Crippen LogP contribution in [-0.2, 0) is 4.84 Å². The standard InChI is InChI=1S/C15H12FNO3/c16-11-3-1-2-10(6-11)15-8-12(17-20-15)9-4-5-13(18)14(19)7-9/h1-8,12,17-19H. The van der Waals surface area contributed by atoms with Crippen molar-refractivity contribution in [1.82, 2.24) is 5.48 Å². The fraction of sp³-hybridized carbons (Fsp3) is 0.0667. The molecule has 3 rings (SSSR count). The first kappa shape index (κ1) is 12.5. The van der Waals surface area contributed by atoms with Crippen LogP contribution in [0.1, 0.15) is 17.2 Å². The molecule has 0 saturated carbocycles. The average molecular weight is 273 g/mol. The molecule has 4 nitrogen and oxygen atoms in total. The summed E-state index contributed by atoms with van der Waals surface area (Å²) < 4.78 is 13.2. The Balaban J connectivity index is 1.89. The van der Waals surface area contributed by atoms with Crippen LogP contribution in [0.2, 0.25) is 0 Å². The van der Waals surface area contributed by atoms with Crippen molar-refractivity contribution in [3.63, 3.8) is 0 Å². The third-order valence-electron chi connectivity index (χ3n) is 3.08. The number of rotatable bonds is 2. The van der Waals surface area contributed by atoms with Crippen LogP contribution in [0.5, 0.6) is 11.5 Å². The zero-order valence-electron chi connectivity index (χ0n) is 10.4. The number of hydrogen-bond donors (Lipinski definition) is 3. The predicted octanol–water partition coefficient (Wildman–Crippen LogP) is 2.85. The largest absolute Gasteiger partial charge is 0.504 e. The molecule has 0 amide bonds. The van der Waals surface area contributed by atoms with E-state index in [1.54, 1.807) is 24.3 Å². The molecule has 102 valence electrons. The van der Waals surface area contributed by atoms with Crippen LogP contribution in [0, 0.1) is 5.82 Å². The van der Waals surface area contributed by atoms with Crippen molar-refractivity contribution in [1.29, 1.82) is 0 Å². The van der Waals surface area contributed by atoms with Crippen molar-refractivity contribution >= 4 is 5.76 Å². The Morgan fingerprint density at radius 1 is 1.05 bits per heavy atom. The number of nitrogens with one attached hydrogen (secondary N) is 1. The van der Waals surface area contributed by atoms with Gasteiger partial charge in [-0.25, -0.2) is 4.39 Å². The maximum atomic E-state index is 13.2. The van der Waals surface area contributed by atoms with Crippen LogP contribution in [0.15, 0.2) is 48.5 Å². The predicted molar refractivity (Wildman–Crippen MR) is 71.1 cm³/mol. The summed E-state index contributed by atoms with van der Waals surface area (Å²) in [6.07, 6.45) is 1.78. The monoisotopic (exact) mass is 273 g/mol. The van der Waals surface area contributed by atoms with E-state index in [-0.39, 0.29) is 23.4 Å². The summed E-state index contributed by atoms with van der Waals surface area (Å²) in [6, 6.07) is 10.3. The Labute approximate surface area is 114 Å². The summed E-state index contributed by atoms with van der Waals surface area (Å²) in [5.41, 5.74) is 4.14. The Hall–Kier alpha value is -2.53. The maximum absolute atomic E-state index is 13.2. The van der Waals surface area contributed by atoms with Crippen LogP contribution in [-0.4, -0.2) is 10.2 Å². The van der Waals surface area contributed by atoms with Gasteiger partial charge in [0, 0.05) is 5.56 Å². The summed E-state index contributed by atoms with van der Waals surface area (Å²) >= 11 is 0. The van der Waals surface area contributed by atoms with Gasteiger partial charge < -0.3 is 15.1 Å². The first-order valence-corrected chi connectivity index (χ1v) is 6.05. The van der Waals surface area contributed by atoms with Crippen LogP contribution in [0.25, 0.3) is 5.76 Å². The normalized spacial score (nSPS) is 17.6. The first-order valence-electron chi connectivity index (χ1n) is 6.05. The van der Waals surface area contributed by atoms with E-state index >= 15 is 0 Å². The number of aromatic hydroxyl groups is 2. The van der Waals surface area contributed by atoms with E-state index in [4.69, 9.17) is 4.84 Å². The molecule has 0 bridgehead atoms. The van der Waals surface area contributed by atoms with Crippen LogP contribution >= 0.6 is 0 Å². The summed E-state index contributed by atoms with van der Waals surface area (Å²) in [5, 5.41) is 18.8. The minimum atomic E-state index is -0.335. The quantitative estimate of drug-likeness (QED) is 0.736.